The third-order valence-electron chi connectivity index (χ3n) is 3.86. The largest absolute Gasteiger partial charge is 0.489 e. The first-order chi connectivity index (χ1) is 12.1. The molecule has 3 rings (SSSR count). The van der Waals surface area contributed by atoms with Gasteiger partial charge in [-0.1, -0.05) is 57.4 Å². The maximum Gasteiger partial charge on any atom is 0.124 e. The molecule has 0 saturated heterocycles. The van der Waals surface area contributed by atoms with Crippen molar-refractivity contribution in [2.45, 2.75) is 20.1 Å². The summed E-state index contributed by atoms with van der Waals surface area (Å²) in [4.78, 5) is 0. The Morgan fingerprint density at radius 3 is 2.40 bits per heavy atom. The summed E-state index contributed by atoms with van der Waals surface area (Å²) < 4.78 is 7.07. The van der Waals surface area contributed by atoms with Crippen molar-refractivity contribution in [3.8, 4) is 5.75 Å². The van der Waals surface area contributed by atoms with E-state index in [0.29, 0.717) is 18.2 Å². The fourth-order valence-electron chi connectivity index (χ4n) is 2.44. The van der Waals surface area contributed by atoms with Crippen molar-refractivity contribution in [2.24, 2.45) is 0 Å². The molecule has 3 aromatic carbocycles. The van der Waals surface area contributed by atoms with Gasteiger partial charge in [-0.25, -0.2) is 0 Å². The van der Waals surface area contributed by atoms with Crippen molar-refractivity contribution in [1.82, 2.24) is 0 Å². The molecule has 0 saturated carbocycles. The zero-order chi connectivity index (χ0) is 17.6. The van der Waals surface area contributed by atoms with E-state index in [1.165, 1.54) is 5.56 Å². The van der Waals surface area contributed by atoms with E-state index in [0.717, 1.165) is 27.0 Å². The van der Waals surface area contributed by atoms with Gasteiger partial charge in [0.1, 0.15) is 12.4 Å². The average Bonchev–Trinajstić information content (AvgIpc) is 2.62. The Hall–Kier alpha value is -1.97. The topological polar surface area (TPSA) is 21.3 Å². The minimum absolute atomic E-state index is 0.520. The van der Waals surface area contributed by atoms with Gasteiger partial charge in [0, 0.05) is 27.3 Å². The van der Waals surface area contributed by atoms with Crippen molar-refractivity contribution in [1.29, 1.82) is 0 Å². The molecule has 0 unspecified atom stereocenters. The Morgan fingerprint density at radius 2 is 1.68 bits per heavy atom. The van der Waals surface area contributed by atoms with Gasteiger partial charge in [-0.15, -0.1) is 0 Å². The molecule has 0 spiro atoms. The molecule has 2 nitrogen and oxygen atoms in total. The summed E-state index contributed by atoms with van der Waals surface area (Å²) in [6.45, 7) is 3.25. The SMILES string of the molecule is Cc1ccc(NCc2cc(Cl)ccc2OCc2ccc(Br)cc2)cc1. The van der Waals surface area contributed by atoms with E-state index in [4.69, 9.17) is 16.3 Å². The maximum absolute atomic E-state index is 6.17. The summed E-state index contributed by atoms with van der Waals surface area (Å²) in [5.41, 5.74) is 4.47. The van der Waals surface area contributed by atoms with Crippen LogP contribution in [0.5, 0.6) is 5.75 Å². The number of nitrogens with one attached hydrogen (secondary N) is 1. The van der Waals surface area contributed by atoms with Gasteiger partial charge in [0.25, 0.3) is 0 Å². The highest BCUT2D eigenvalue weighted by atomic mass is 79.9. The molecule has 0 aromatic heterocycles. The summed E-state index contributed by atoms with van der Waals surface area (Å²) in [7, 11) is 0. The first-order valence-electron chi connectivity index (χ1n) is 8.06. The number of rotatable bonds is 6. The molecular weight excluding hydrogens is 398 g/mol. The minimum atomic E-state index is 0.520. The highest BCUT2D eigenvalue weighted by Crippen LogP contribution is 2.25. The zero-order valence-electron chi connectivity index (χ0n) is 13.9. The standard InChI is InChI=1S/C21H19BrClNO/c1-15-2-9-20(10-3-15)24-13-17-12-19(23)8-11-21(17)25-14-16-4-6-18(22)7-5-16/h2-12,24H,13-14H2,1H3. The molecule has 0 aliphatic carbocycles. The van der Waals surface area contributed by atoms with Crippen molar-refractivity contribution in [3.63, 3.8) is 0 Å². The van der Waals surface area contributed by atoms with Crippen LogP contribution in [0.1, 0.15) is 16.7 Å². The van der Waals surface area contributed by atoms with Crippen LogP contribution < -0.4 is 10.1 Å². The third-order valence-corrected chi connectivity index (χ3v) is 4.63. The molecule has 128 valence electrons. The van der Waals surface area contributed by atoms with E-state index < -0.39 is 0 Å². The molecule has 0 aliphatic heterocycles. The number of ether oxygens (including phenoxy) is 1. The Kier molecular flexibility index (Phi) is 6.00. The monoisotopic (exact) mass is 415 g/mol. The van der Waals surface area contributed by atoms with Gasteiger partial charge in [0.2, 0.25) is 0 Å². The number of hydrogen-bond acceptors (Lipinski definition) is 2. The predicted molar refractivity (Wildman–Crippen MR) is 108 cm³/mol. The Balaban J connectivity index is 1.69. The molecule has 3 aromatic rings. The van der Waals surface area contributed by atoms with E-state index in [1.54, 1.807) is 0 Å². The van der Waals surface area contributed by atoms with Gasteiger partial charge in [-0.05, 0) is 55.0 Å². The molecule has 0 radical (unpaired) electrons. The summed E-state index contributed by atoms with van der Waals surface area (Å²) in [6.07, 6.45) is 0. The fourth-order valence-corrected chi connectivity index (χ4v) is 2.90. The predicted octanol–water partition coefficient (Wildman–Crippen LogP) is 6.60. The smallest absolute Gasteiger partial charge is 0.124 e. The molecule has 0 bridgehead atoms. The summed E-state index contributed by atoms with van der Waals surface area (Å²) in [5.74, 6) is 0.840. The summed E-state index contributed by atoms with van der Waals surface area (Å²) in [5, 5.41) is 4.12. The van der Waals surface area contributed by atoms with Crippen molar-refractivity contribution < 1.29 is 4.74 Å². The molecule has 4 heteroatoms. The Morgan fingerprint density at radius 1 is 0.960 bits per heavy atom. The van der Waals surface area contributed by atoms with Crippen LogP contribution in [0.3, 0.4) is 0 Å². The van der Waals surface area contributed by atoms with E-state index in [9.17, 15) is 0 Å². The third kappa shape index (κ3) is 5.25. The normalized spacial score (nSPS) is 10.5. The quantitative estimate of drug-likeness (QED) is 0.488. The highest BCUT2D eigenvalue weighted by molar-refractivity contribution is 9.10. The molecule has 0 fully saturated rings. The lowest BCUT2D eigenvalue weighted by Crippen LogP contribution is -2.04. The van der Waals surface area contributed by atoms with E-state index >= 15 is 0 Å². The molecule has 0 amide bonds. The number of benzene rings is 3. The molecular formula is C21H19BrClNO. The van der Waals surface area contributed by atoms with E-state index in [2.05, 4.69) is 52.4 Å². The molecule has 0 aliphatic rings. The molecule has 25 heavy (non-hydrogen) atoms. The highest BCUT2D eigenvalue weighted by Gasteiger charge is 2.06. The zero-order valence-corrected chi connectivity index (χ0v) is 16.3. The average molecular weight is 417 g/mol. The first-order valence-corrected chi connectivity index (χ1v) is 9.23. The van der Waals surface area contributed by atoms with Gasteiger partial charge in [0.05, 0.1) is 0 Å². The second-order valence-corrected chi connectivity index (χ2v) is 7.24. The van der Waals surface area contributed by atoms with Crippen molar-refractivity contribution in [3.05, 3.63) is 92.9 Å². The van der Waals surface area contributed by atoms with Crippen LogP contribution in [0.2, 0.25) is 5.02 Å². The number of hydrogen-bond donors (Lipinski definition) is 1. The Labute approximate surface area is 161 Å². The second kappa shape index (κ2) is 8.41. The number of anilines is 1. The number of halogens is 2. The Bertz CT molecular complexity index is 832. The van der Waals surface area contributed by atoms with Crippen LogP contribution in [0.4, 0.5) is 5.69 Å². The van der Waals surface area contributed by atoms with E-state index in [1.807, 2.05) is 42.5 Å². The summed E-state index contributed by atoms with van der Waals surface area (Å²) >= 11 is 9.61. The lowest BCUT2D eigenvalue weighted by Gasteiger charge is -2.14. The van der Waals surface area contributed by atoms with Crippen molar-refractivity contribution in [2.75, 3.05) is 5.32 Å². The maximum atomic E-state index is 6.17. The van der Waals surface area contributed by atoms with Gasteiger partial charge in [0.15, 0.2) is 0 Å². The molecule has 0 heterocycles. The second-order valence-electron chi connectivity index (χ2n) is 5.89. The van der Waals surface area contributed by atoms with Crippen LogP contribution in [-0.4, -0.2) is 0 Å². The molecule has 1 N–H and O–H groups in total. The lowest BCUT2D eigenvalue weighted by atomic mass is 10.1. The first kappa shape index (κ1) is 17.8. The van der Waals surface area contributed by atoms with Gasteiger partial charge < -0.3 is 10.1 Å². The summed E-state index contributed by atoms with van der Waals surface area (Å²) in [6, 6.07) is 22.2. The van der Waals surface area contributed by atoms with Gasteiger partial charge in [-0.3, -0.25) is 0 Å². The van der Waals surface area contributed by atoms with Crippen LogP contribution in [0, 0.1) is 6.92 Å². The van der Waals surface area contributed by atoms with Crippen LogP contribution in [0.15, 0.2) is 71.2 Å². The van der Waals surface area contributed by atoms with Gasteiger partial charge >= 0.3 is 0 Å². The van der Waals surface area contributed by atoms with E-state index in [-0.39, 0.29) is 0 Å². The van der Waals surface area contributed by atoms with Crippen LogP contribution in [-0.2, 0) is 13.2 Å². The van der Waals surface area contributed by atoms with Crippen molar-refractivity contribution >= 4 is 33.2 Å². The van der Waals surface area contributed by atoms with Gasteiger partial charge in [-0.2, -0.15) is 0 Å². The number of aryl methyl sites for hydroxylation is 1. The fraction of sp³-hybridized carbons (Fsp3) is 0.143. The van der Waals surface area contributed by atoms with Crippen LogP contribution >= 0.6 is 27.5 Å². The lowest BCUT2D eigenvalue weighted by molar-refractivity contribution is 0.303. The molecule has 0 atom stereocenters. The minimum Gasteiger partial charge on any atom is -0.489 e. The van der Waals surface area contributed by atoms with Crippen LogP contribution in [0.25, 0.3) is 0 Å².